The summed E-state index contributed by atoms with van der Waals surface area (Å²) in [5.41, 5.74) is 4.42. The van der Waals surface area contributed by atoms with Gasteiger partial charge in [0.25, 0.3) is 0 Å². The van der Waals surface area contributed by atoms with Gasteiger partial charge in [-0.3, -0.25) is 0 Å². The van der Waals surface area contributed by atoms with Crippen molar-refractivity contribution < 1.29 is 4.39 Å². The van der Waals surface area contributed by atoms with Gasteiger partial charge in [0.05, 0.1) is 4.83 Å². The molecule has 0 heterocycles. The van der Waals surface area contributed by atoms with E-state index in [4.69, 9.17) is 0 Å². The first-order valence-electron chi connectivity index (χ1n) is 6.67. The first-order chi connectivity index (χ1) is 9.17. The largest absolute Gasteiger partial charge is 0.207 e. The molecule has 0 saturated carbocycles. The lowest BCUT2D eigenvalue weighted by Gasteiger charge is -2.17. The number of rotatable bonds is 4. The van der Waals surface area contributed by atoms with Crippen LogP contribution in [0, 0.1) is 5.82 Å². The fourth-order valence-electron chi connectivity index (χ4n) is 2.27. The molecule has 0 fully saturated rings. The molecular formula is C17H18BrF. The van der Waals surface area contributed by atoms with Crippen LogP contribution in [0.15, 0.2) is 42.5 Å². The average Bonchev–Trinajstić information content (AvgIpc) is 2.46. The van der Waals surface area contributed by atoms with Gasteiger partial charge in [-0.15, -0.1) is 0 Å². The van der Waals surface area contributed by atoms with E-state index >= 15 is 0 Å². The molecule has 100 valence electrons. The van der Waals surface area contributed by atoms with Crippen LogP contribution in [0.2, 0.25) is 0 Å². The smallest absolute Gasteiger partial charge is 0.127 e. The van der Waals surface area contributed by atoms with E-state index in [9.17, 15) is 4.39 Å². The highest BCUT2D eigenvalue weighted by molar-refractivity contribution is 9.09. The first-order valence-corrected chi connectivity index (χ1v) is 7.59. The van der Waals surface area contributed by atoms with Crippen LogP contribution in [0.1, 0.15) is 40.9 Å². The van der Waals surface area contributed by atoms with E-state index in [-0.39, 0.29) is 10.6 Å². The Morgan fingerprint density at radius 2 is 1.74 bits per heavy atom. The summed E-state index contributed by atoms with van der Waals surface area (Å²) in [6.45, 7) is 4.27. The standard InChI is InChI=1S/C17H18BrF/c1-3-12-9-10-13(4-2)15(11-12)17(18)14-7-5-6-8-16(14)19/h5-11,17H,3-4H2,1-2H3. The third-order valence-corrected chi connectivity index (χ3v) is 4.44. The molecule has 2 aromatic carbocycles. The second kappa shape index (κ2) is 6.33. The summed E-state index contributed by atoms with van der Waals surface area (Å²) in [7, 11) is 0. The van der Waals surface area contributed by atoms with Crippen LogP contribution >= 0.6 is 15.9 Å². The van der Waals surface area contributed by atoms with Crippen molar-refractivity contribution in [3.8, 4) is 0 Å². The van der Waals surface area contributed by atoms with Crippen LogP contribution in [0.25, 0.3) is 0 Å². The Labute approximate surface area is 122 Å². The average molecular weight is 321 g/mol. The molecule has 0 aliphatic heterocycles. The Bertz CT molecular complexity index is 563. The minimum absolute atomic E-state index is 0.0878. The normalized spacial score (nSPS) is 12.4. The maximum atomic E-state index is 13.9. The van der Waals surface area contributed by atoms with Crippen LogP contribution in [-0.2, 0) is 12.8 Å². The molecule has 0 saturated heterocycles. The highest BCUT2D eigenvalue weighted by atomic mass is 79.9. The van der Waals surface area contributed by atoms with Gasteiger partial charge < -0.3 is 0 Å². The van der Waals surface area contributed by atoms with E-state index < -0.39 is 0 Å². The molecule has 2 heteroatoms. The number of alkyl halides is 1. The molecule has 2 aromatic rings. The van der Waals surface area contributed by atoms with Crippen LogP contribution in [0.5, 0.6) is 0 Å². The van der Waals surface area contributed by atoms with Crippen molar-refractivity contribution in [2.45, 2.75) is 31.5 Å². The Balaban J connectivity index is 2.48. The SMILES string of the molecule is CCc1ccc(CC)c(C(Br)c2ccccc2F)c1. The van der Waals surface area contributed by atoms with Crippen molar-refractivity contribution in [1.82, 2.24) is 0 Å². The Kier molecular flexibility index (Phi) is 4.76. The zero-order valence-electron chi connectivity index (χ0n) is 11.3. The van der Waals surface area contributed by atoms with Gasteiger partial charge in [0.15, 0.2) is 0 Å². The maximum Gasteiger partial charge on any atom is 0.127 e. The zero-order valence-corrected chi connectivity index (χ0v) is 12.9. The summed E-state index contributed by atoms with van der Waals surface area (Å²) >= 11 is 3.66. The Morgan fingerprint density at radius 3 is 2.37 bits per heavy atom. The van der Waals surface area contributed by atoms with Gasteiger partial charge in [0, 0.05) is 5.56 Å². The molecule has 19 heavy (non-hydrogen) atoms. The van der Waals surface area contributed by atoms with E-state index in [1.807, 2.05) is 12.1 Å². The molecule has 0 nitrogen and oxygen atoms in total. The number of hydrogen-bond acceptors (Lipinski definition) is 0. The summed E-state index contributed by atoms with van der Waals surface area (Å²) in [4.78, 5) is -0.0878. The summed E-state index contributed by atoms with van der Waals surface area (Å²) < 4.78 is 13.9. The van der Waals surface area contributed by atoms with E-state index in [0.717, 1.165) is 12.8 Å². The third-order valence-electron chi connectivity index (χ3n) is 3.45. The molecule has 0 N–H and O–H groups in total. The Hall–Kier alpha value is -1.15. The topological polar surface area (TPSA) is 0 Å². The van der Waals surface area contributed by atoms with E-state index in [1.165, 1.54) is 22.8 Å². The highest BCUT2D eigenvalue weighted by Gasteiger charge is 2.17. The van der Waals surface area contributed by atoms with Crippen molar-refractivity contribution in [3.63, 3.8) is 0 Å². The highest BCUT2D eigenvalue weighted by Crippen LogP contribution is 2.35. The fourth-order valence-corrected chi connectivity index (χ4v) is 3.07. The van der Waals surface area contributed by atoms with Crippen molar-refractivity contribution in [1.29, 1.82) is 0 Å². The molecule has 1 atom stereocenters. The monoisotopic (exact) mass is 320 g/mol. The molecule has 0 aromatic heterocycles. The Morgan fingerprint density at radius 1 is 1.00 bits per heavy atom. The molecule has 2 rings (SSSR count). The molecule has 0 radical (unpaired) electrons. The van der Waals surface area contributed by atoms with Gasteiger partial charge in [0.1, 0.15) is 5.82 Å². The second-order valence-electron chi connectivity index (χ2n) is 4.62. The van der Waals surface area contributed by atoms with Gasteiger partial charge in [-0.05, 0) is 35.6 Å². The zero-order chi connectivity index (χ0) is 13.8. The summed E-state index contributed by atoms with van der Waals surface area (Å²) in [5, 5.41) is 0. The molecule has 0 bridgehead atoms. The molecule has 0 aliphatic rings. The third kappa shape index (κ3) is 3.06. The fraction of sp³-hybridized carbons (Fsp3) is 0.294. The predicted octanol–water partition coefficient (Wildman–Crippen LogP) is 5.43. The lowest BCUT2D eigenvalue weighted by atomic mass is 9.95. The van der Waals surface area contributed by atoms with Crippen LogP contribution < -0.4 is 0 Å². The van der Waals surface area contributed by atoms with Crippen molar-refractivity contribution >= 4 is 15.9 Å². The summed E-state index contributed by atoms with van der Waals surface area (Å²) in [6.07, 6.45) is 1.95. The number of benzene rings is 2. The lowest BCUT2D eigenvalue weighted by Crippen LogP contribution is -2.01. The maximum absolute atomic E-state index is 13.9. The van der Waals surface area contributed by atoms with Crippen LogP contribution in [0.4, 0.5) is 4.39 Å². The van der Waals surface area contributed by atoms with Gasteiger partial charge in [-0.1, -0.05) is 66.2 Å². The van der Waals surface area contributed by atoms with Gasteiger partial charge >= 0.3 is 0 Å². The second-order valence-corrected chi connectivity index (χ2v) is 5.54. The molecule has 0 spiro atoms. The van der Waals surface area contributed by atoms with E-state index in [1.54, 1.807) is 6.07 Å². The minimum Gasteiger partial charge on any atom is -0.207 e. The van der Waals surface area contributed by atoms with Gasteiger partial charge in [-0.2, -0.15) is 0 Å². The number of aryl methyl sites for hydroxylation is 2. The quantitative estimate of drug-likeness (QED) is 0.658. The minimum atomic E-state index is -0.159. The summed E-state index contributed by atoms with van der Waals surface area (Å²) in [5.74, 6) is -0.159. The molecule has 0 aliphatic carbocycles. The van der Waals surface area contributed by atoms with Crippen LogP contribution in [0.3, 0.4) is 0 Å². The van der Waals surface area contributed by atoms with Crippen molar-refractivity contribution in [2.24, 2.45) is 0 Å². The predicted molar refractivity (Wildman–Crippen MR) is 82.4 cm³/mol. The number of halogens is 2. The lowest BCUT2D eigenvalue weighted by molar-refractivity contribution is 0.613. The van der Waals surface area contributed by atoms with Gasteiger partial charge in [-0.25, -0.2) is 4.39 Å². The van der Waals surface area contributed by atoms with Crippen molar-refractivity contribution in [3.05, 3.63) is 70.5 Å². The summed E-state index contributed by atoms with van der Waals surface area (Å²) in [6, 6.07) is 13.5. The van der Waals surface area contributed by atoms with E-state index in [2.05, 4.69) is 48.0 Å². The van der Waals surface area contributed by atoms with Crippen molar-refractivity contribution in [2.75, 3.05) is 0 Å². The molecule has 1 unspecified atom stereocenters. The number of hydrogen-bond donors (Lipinski definition) is 0. The van der Waals surface area contributed by atoms with E-state index in [0.29, 0.717) is 5.56 Å². The molecular weight excluding hydrogens is 303 g/mol. The van der Waals surface area contributed by atoms with Gasteiger partial charge in [0.2, 0.25) is 0 Å². The van der Waals surface area contributed by atoms with Crippen LogP contribution in [-0.4, -0.2) is 0 Å². The first kappa shape index (κ1) is 14.3. The molecule has 0 amide bonds.